The largest absolute Gasteiger partial charge is 0.357 e. The van der Waals surface area contributed by atoms with Gasteiger partial charge in [0.1, 0.15) is 5.01 Å². The molecule has 0 saturated heterocycles. The first-order valence-corrected chi connectivity index (χ1v) is 9.12. The molecular formula is C18H23N5S. The summed E-state index contributed by atoms with van der Waals surface area (Å²) < 4.78 is 0. The number of para-hydroxylation sites is 1. The van der Waals surface area contributed by atoms with Gasteiger partial charge >= 0.3 is 0 Å². The summed E-state index contributed by atoms with van der Waals surface area (Å²) in [5, 5.41) is 8.94. The smallest absolute Gasteiger partial charge is 0.191 e. The number of nitrogens with one attached hydrogen (secondary N) is 3. The van der Waals surface area contributed by atoms with Gasteiger partial charge in [0, 0.05) is 28.8 Å². The summed E-state index contributed by atoms with van der Waals surface area (Å²) in [5.41, 5.74) is 2.26. The van der Waals surface area contributed by atoms with E-state index in [9.17, 15) is 0 Å². The number of rotatable bonds is 6. The topological polar surface area (TPSA) is 65.1 Å². The molecule has 1 aromatic carbocycles. The number of nitrogens with zero attached hydrogens (tertiary/aromatic N) is 2. The minimum Gasteiger partial charge on any atom is -0.357 e. The fraction of sp³-hybridized carbons (Fsp3) is 0.333. The molecule has 3 aromatic rings. The Morgan fingerprint density at radius 2 is 2.12 bits per heavy atom. The second kappa shape index (κ2) is 7.97. The second-order valence-electron chi connectivity index (χ2n) is 5.50. The number of aryl methyl sites for hydroxylation is 1. The normalized spacial score (nSPS) is 11.8. The SMILES string of the molecule is CCNC(=NCc1cc2ccccc2[nH]1)NCc1ncc(CC)s1. The molecule has 3 N–H and O–H groups in total. The van der Waals surface area contributed by atoms with Crippen molar-refractivity contribution in [2.45, 2.75) is 33.4 Å². The monoisotopic (exact) mass is 341 g/mol. The summed E-state index contributed by atoms with van der Waals surface area (Å²) in [7, 11) is 0. The number of benzene rings is 1. The molecule has 126 valence electrons. The first-order valence-electron chi connectivity index (χ1n) is 8.31. The van der Waals surface area contributed by atoms with E-state index in [2.05, 4.69) is 57.6 Å². The molecule has 0 atom stereocenters. The number of guanidine groups is 1. The van der Waals surface area contributed by atoms with Crippen LogP contribution in [0.15, 0.2) is 41.5 Å². The van der Waals surface area contributed by atoms with Crippen LogP contribution in [0.25, 0.3) is 10.9 Å². The predicted octanol–water partition coefficient (Wildman–Crippen LogP) is 3.44. The maximum absolute atomic E-state index is 4.66. The van der Waals surface area contributed by atoms with Crippen LogP contribution in [0.1, 0.15) is 29.4 Å². The van der Waals surface area contributed by atoms with Crippen molar-refractivity contribution in [2.75, 3.05) is 6.54 Å². The highest BCUT2D eigenvalue weighted by atomic mass is 32.1. The first kappa shape index (κ1) is 16.5. The molecule has 3 rings (SSSR count). The van der Waals surface area contributed by atoms with Gasteiger partial charge in [-0.3, -0.25) is 0 Å². The zero-order chi connectivity index (χ0) is 16.8. The number of fused-ring (bicyclic) bond motifs is 1. The Kier molecular flexibility index (Phi) is 5.48. The Morgan fingerprint density at radius 3 is 2.88 bits per heavy atom. The van der Waals surface area contributed by atoms with Crippen LogP contribution in [0.2, 0.25) is 0 Å². The van der Waals surface area contributed by atoms with Gasteiger partial charge in [0.2, 0.25) is 0 Å². The Morgan fingerprint density at radius 1 is 1.25 bits per heavy atom. The van der Waals surface area contributed by atoms with Gasteiger partial charge in [-0.1, -0.05) is 25.1 Å². The Hall–Kier alpha value is -2.34. The van der Waals surface area contributed by atoms with Crippen molar-refractivity contribution in [2.24, 2.45) is 4.99 Å². The quantitative estimate of drug-likeness (QED) is 0.475. The maximum atomic E-state index is 4.66. The van der Waals surface area contributed by atoms with Crippen LogP contribution >= 0.6 is 11.3 Å². The molecule has 0 fully saturated rings. The lowest BCUT2D eigenvalue weighted by atomic mass is 10.2. The lowest BCUT2D eigenvalue weighted by Crippen LogP contribution is -2.36. The van der Waals surface area contributed by atoms with E-state index in [0.717, 1.165) is 35.1 Å². The van der Waals surface area contributed by atoms with E-state index < -0.39 is 0 Å². The first-order chi connectivity index (χ1) is 11.8. The van der Waals surface area contributed by atoms with E-state index in [1.165, 1.54) is 10.3 Å². The van der Waals surface area contributed by atoms with Crippen LogP contribution < -0.4 is 10.6 Å². The summed E-state index contributed by atoms with van der Waals surface area (Å²) in [5.74, 6) is 0.810. The van der Waals surface area contributed by atoms with Crippen LogP contribution in [0.3, 0.4) is 0 Å². The number of aliphatic imine (C=N–C) groups is 1. The molecule has 0 spiro atoms. The highest BCUT2D eigenvalue weighted by Gasteiger charge is 2.04. The van der Waals surface area contributed by atoms with Crippen molar-refractivity contribution in [3.05, 3.63) is 52.1 Å². The molecule has 24 heavy (non-hydrogen) atoms. The van der Waals surface area contributed by atoms with E-state index in [-0.39, 0.29) is 0 Å². The number of aromatic amines is 1. The van der Waals surface area contributed by atoms with Crippen molar-refractivity contribution in [3.63, 3.8) is 0 Å². The Bertz CT molecular complexity index is 785. The van der Waals surface area contributed by atoms with E-state index >= 15 is 0 Å². The number of hydrogen-bond donors (Lipinski definition) is 3. The molecule has 0 radical (unpaired) electrons. The molecule has 5 nitrogen and oxygen atoms in total. The average molecular weight is 341 g/mol. The van der Waals surface area contributed by atoms with Crippen molar-refractivity contribution in [3.8, 4) is 0 Å². The standard InChI is InChI=1S/C18H23N5S/c1-3-15-11-20-17(24-15)12-22-18(19-4-2)21-10-14-9-13-7-5-6-8-16(13)23-14/h5-9,11,23H,3-4,10,12H2,1-2H3,(H2,19,21,22). The summed E-state index contributed by atoms with van der Waals surface area (Å²) in [4.78, 5) is 13.8. The van der Waals surface area contributed by atoms with E-state index in [4.69, 9.17) is 0 Å². The van der Waals surface area contributed by atoms with Crippen LogP contribution in [0.5, 0.6) is 0 Å². The summed E-state index contributed by atoms with van der Waals surface area (Å²) in [6, 6.07) is 10.4. The van der Waals surface area contributed by atoms with Gasteiger partial charge in [-0.25, -0.2) is 9.98 Å². The Labute approximate surface area is 146 Å². The van der Waals surface area contributed by atoms with Crippen molar-refractivity contribution >= 4 is 28.2 Å². The van der Waals surface area contributed by atoms with E-state index in [1.54, 1.807) is 11.3 Å². The molecule has 0 aliphatic heterocycles. The highest BCUT2D eigenvalue weighted by molar-refractivity contribution is 7.11. The third-order valence-corrected chi connectivity index (χ3v) is 4.84. The van der Waals surface area contributed by atoms with Gasteiger partial charge in [0.05, 0.1) is 13.1 Å². The third kappa shape index (κ3) is 4.14. The fourth-order valence-electron chi connectivity index (χ4n) is 2.48. The Balaban J connectivity index is 1.64. The highest BCUT2D eigenvalue weighted by Crippen LogP contribution is 2.15. The van der Waals surface area contributed by atoms with Crippen molar-refractivity contribution < 1.29 is 0 Å². The average Bonchev–Trinajstić information content (AvgIpc) is 3.23. The van der Waals surface area contributed by atoms with E-state index in [1.807, 2.05) is 18.3 Å². The fourth-order valence-corrected chi connectivity index (χ4v) is 3.28. The van der Waals surface area contributed by atoms with Gasteiger partial charge in [0.15, 0.2) is 5.96 Å². The van der Waals surface area contributed by atoms with Gasteiger partial charge in [-0.15, -0.1) is 11.3 Å². The van der Waals surface area contributed by atoms with Crippen LogP contribution in [0, 0.1) is 0 Å². The lowest BCUT2D eigenvalue weighted by Gasteiger charge is -2.09. The summed E-state index contributed by atoms with van der Waals surface area (Å²) in [6.45, 7) is 6.36. The van der Waals surface area contributed by atoms with E-state index in [0.29, 0.717) is 13.1 Å². The second-order valence-corrected chi connectivity index (χ2v) is 6.70. The predicted molar refractivity (Wildman–Crippen MR) is 101 cm³/mol. The number of aromatic nitrogens is 2. The number of hydrogen-bond acceptors (Lipinski definition) is 3. The minimum absolute atomic E-state index is 0.613. The number of H-pyrrole nitrogens is 1. The number of thiazole rings is 1. The van der Waals surface area contributed by atoms with Gasteiger partial charge < -0.3 is 15.6 Å². The lowest BCUT2D eigenvalue weighted by molar-refractivity contribution is 0.809. The van der Waals surface area contributed by atoms with Crippen LogP contribution in [-0.4, -0.2) is 22.5 Å². The molecule has 2 heterocycles. The maximum Gasteiger partial charge on any atom is 0.191 e. The molecular weight excluding hydrogens is 318 g/mol. The molecule has 0 saturated carbocycles. The van der Waals surface area contributed by atoms with Crippen molar-refractivity contribution in [1.29, 1.82) is 0 Å². The van der Waals surface area contributed by atoms with Gasteiger partial charge in [0.25, 0.3) is 0 Å². The summed E-state index contributed by atoms with van der Waals surface area (Å²) in [6.07, 6.45) is 2.99. The third-order valence-electron chi connectivity index (χ3n) is 3.69. The van der Waals surface area contributed by atoms with Gasteiger partial charge in [-0.2, -0.15) is 0 Å². The molecule has 0 unspecified atom stereocenters. The summed E-state index contributed by atoms with van der Waals surface area (Å²) >= 11 is 1.75. The van der Waals surface area contributed by atoms with Crippen LogP contribution in [-0.2, 0) is 19.5 Å². The molecule has 2 aromatic heterocycles. The molecule has 0 aliphatic rings. The molecule has 0 amide bonds. The van der Waals surface area contributed by atoms with Crippen molar-refractivity contribution in [1.82, 2.24) is 20.6 Å². The zero-order valence-electron chi connectivity index (χ0n) is 14.1. The van der Waals surface area contributed by atoms with Crippen LogP contribution in [0.4, 0.5) is 0 Å². The minimum atomic E-state index is 0.613. The van der Waals surface area contributed by atoms with Gasteiger partial charge in [-0.05, 0) is 30.9 Å². The zero-order valence-corrected chi connectivity index (χ0v) is 14.9. The molecule has 0 bridgehead atoms. The molecule has 0 aliphatic carbocycles. The molecule has 6 heteroatoms.